The molecule has 1 aliphatic heterocycles. The zero-order chi connectivity index (χ0) is 24.4. The number of aryl methyl sites for hydroxylation is 3. The zero-order valence-corrected chi connectivity index (χ0v) is 21.3. The summed E-state index contributed by atoms with van der Waals surface area (Å²) in [5, 5.41) is 7.88. The van der Waals surface area contributed by atoms with E-state index >= 15 is 0 Å². The maximum atomic E-state index is 13.0. The number of para-hydroxylation sites is 1. The molecule has 0 bridgehead atoms. The van der Waals surface area contributed by atoms with E-state index in [1.54, 1.807) is 7.05 Å². The van der Waals surface area contributed by atoms with E-state index < -0.39 is 0 Å². The van der Waals surface area contributed by atoms with Crippen molar-refractivity contribution < 1.29 is 4.79 Å². The fourth-order valence-corrected chi connectivity index (χ4v) is 5.40. The van der Waals surface area contributed by atoms with Crippen LogP contribution in [0.3, 0.4) is 0 Å². The quantitative estimate of drug-likeness (QED) is 0.584. The highest BCUT2D eigenvalue weighted by Crippen LogP contribution is 2.28. The molecule has 0 aliphatic carbocycles. The van der Waals surface area contributed by atoms with Crippen LogP contribution in [0, 0.1) is 20.8 Å². The summed E-state index contributed by atoms with van der Waals surface area (Å²) < 4.78 is 1.33. The third-order valence-corrected chi connectivity index (χ3v) is 7.73. The Bertz CT molecular complexity index is 1230. The van der Waals surface area contributed by atoms with Crippen molar-refractivity contribution in [2.75, 3.05) is 37.6 Å². The summed E-state index contributed by atoms with van der Waals surface area (Å²) in [7, 11) is 1.63. The lowest BCUT2D eigenvalue weighted by molar-refractivity contribution is 0.0937. The number of amides is 1. The van der Waals surface area contributed by atoms with Crippen molar-refractivity contribution in [1.82, 2.24) is 25.0 Å². The summed E-state index contributed by atoms with van der Waals surface area (Å²) in [6.45, 7) is 12.1. The highest BCUT2D eigenvalue weighted by atomic mass is 32.1. The Hall–Kier alpha value is -3.04. The van der Waals surface area contributed by atoms with Crippen LogP contribution < -0.4 is 15.8 Å². The van der Waals surface area contributed by atoms with Gasteiger partial charge >= 0.3 is 0 Å². The molecule has 1 N–H and O–H groups in total. The largest absolute Gasteiger partial charge is 0.369 e. The van der Waals surface area contributed by atoms with Crippen LogP contribution in [-0.2, 0) is 7.05 Å². The van der Waals surface area contributed by atoms with E-state index in [9.17, 15) is 9.59 Å². The number of piperazine rings is 1. The molecule has 180 valence electrons. The Morgan fingerprint density at radius 1 is 1.09 bits per heavy atom. The van der Waals surface area contributed by atoms with E-state index in [1.165, 1.54) is 21.7 Å². The topological polar surface area (TPSA) is 83.4 Å². The molecular formula is C25H32N6O2S. The van der Waals surface area contributed by atoms with Gasteiger partial charge in [-0.3, -0.25) is 14.5 Å². The Balaban J connectivity index is 1.38. The van der Waals surface area contributed by atoms with Crippen molar-refractivity contribution >= 4 is 22.9 Å². The molecule has 1 unspecified atom stereocenters. The number of hydrogen-bond acceptors (Lipinski definition) is 7. The Morgan fingerprint density at radius 2 is 1.76 bits per heavy atom. The Kier molecular flexibility index (Phi) is 7.13. The van der Waals surface area contributed by atoms with Gasteiger partial charge in [-0.15, -0.1) is 11.3 Å². The lowest BCUT2D eigenvalue weighted by Crippen LogP contribution is -2.52. The first-order chi connectivity index (χ1) is 16.3. The van der Waals surface area contributed by atoms with Crippen LogP contribution in [0.5, 0.6) is 0 Å². The van der Waals surface area contributed by atoms with E-state index in [2.05, 4.69) is 56.4 Å². The summed E-state index contributed by atoms with van der Waals surface area (Å²) in [5.41, 5.74) is 3.79. The molecule has 8 nitrogen and oxygen atoms in total. The number of carbonyl (C=O) groups is 1. The van der Waals surface area contributed by atoms with Gasteiger partial charge in [-0.1, -0.05) is 18.2 Å². The standard InChI is InChI=1S/C25H32N6O2S/c1-16(30-11-13-31(14-12-30)20-9-7-6-8-10-20)15-26-23(32)22-19(4)27-24(34-22)21-17(2)18(3)28-29(5)25(21)33/h6-10,16H,11-15H2,1-5H3,(H,26,32). The van der Waals surface area contributed by atoms with Gasteiger partial charge in [0.1, 0.15) is 9.88 Å². The van der Waals surface area contributed by atoms with Crippen molar-refractivity contribution in [3.05, 3.63) is 62.5 Å². The molecule has 3 heterocycles. The minimum Gasteiger partial charge on any atom is -0.369 e. The Morgan fingerprint density at radius 3 is 2.44 bits per heavy atom. The highest BCUT2D eigenvalue weighted by molar-refractivity contribution is 7.17. The first-order valence-corrected chi connectivity index (χ1v) is 12.4. The molecule has 1 saturated heterocycles. The number of aromatic nitrogens is 3. The summed E-state index contributed by atoms with van der Waals surface area (Å²) in [6, 6.07) is 10.7. The summed E-state index contributed by atoms with van der Waals surface area (Å²) in [5.74, 6) is -0.142. The van der Waals surface area contributed by atoms with E-state index in [0.29, 0.717) is 27.7 Å². The van der Waals surface area contributed by atoms with Crippen LogP contribution in [0.1, 0.15) is 33.5 Å². The molecule has 4 rings (SSSR count). The normalized spacial score (nSPS) is 15.4. The number of carbonyl (C=O) groups excluding carboxylic acids is 1. The second-order valence-electron chi connectivity index (χ2n) is 8.87. The molecule has 0 spiro atoms. The van der Waals surface area contributed by atoms with Crippen LogP contribution in [0.4, 0.5) is 5.69 Å². The van der Waals surface area contributed by atoms with E-state index in [-0.39, 0.29) is 17.5 Å². The van der Waals surface area contributed by atoms with Gasteiger partial charge in [0.15, 0.2) is 0 Å². The third-order valence-electron chi connectivity index (χ3n) is 6.56. The van der Waals surface area contributed by atoms with Gasteiger partial charge < -0.3 is 10.2 Å². The molecule has 0 saturated carbocycles. The van der Waals surface area contributed by atoms with Gasteiger partial charge in [0.2, 0.25) is 0 Å². The number of benzene rings is 1. The predicted molar refractivity (Wildman–Crippen MR) is 137 cm³/mol. The molecule has 1 amide bonds. The third kappa shape index (κ3) is 4.90. The summed E-state index contributed by atoms with van der Waals surface area (Å²) in [6.07, 6.45) is 0. The van der Waals surface area contributed by atoms with Gasteiger partial charge in [0.25, 0.3) is 11.5 Å². The van der Waals surface area contributed by atoms with Crippen LogP contribution in [0.25, 0.3) is 10.6 Å². The lowest BCUT2D eigenvalue weighted by atomic mass is 10.1. The van der Waals surface area contributed by atoms with Crippen molar-refractivity contribution in [3.8, 4) is 10.6 Å². The van der Waals surface area contributed by atoms with Crippen molar-refractivity contribution in [1.29, 1.82) is 0 Å². The molecule has 3 aromatic rings. The van der Waals surface area contributed by atoms with E-state index in [1.807, 2.05) is 26.8 Å². The number of thiazole rings is 1. The monoisotopic (exact) mass is 480 g/mol. The number of rotatable bonds is 6. The number of nitrogens with zero attached hydrogens (tertiary/aromatic N) is 5. The molecule has 1 atom stereocenters. The molecule has 1 fully saturated rings. The van der Waals surface area contributed by atoms with Crippen LogP contribution in [0.2, 0.25) is 0 Å². The van der Waals surface area contributed by atoms with Gasteiger partial charge in [-0.25, -0.2) is 9.67 Å². The second kappa shape index (κ2) is 10.1. The van der Waals surface area contributed by atoms with E-state index in [4.69, 9.17) is 0 Å². The molecule has 2 aromatic heterocycles. The van der Waals surface area contributed by atoms with Crippen molar-refractivity contribution in [2.24, 2.45) is 7.05 Å². The van der Waals surface area contributed by atoms with Crippen LogP contribution in [-0.4, -0.2) is 64.3 Å². The lowest BCUT2D eigenvalue weighted by Gasteiger charge is -2.39. The molecule has 1 aliphatic rings. The molecular weight excluding hydrogens is 448 g/mol. The predicted octanol–water partition coefficient (Wildman–Crippen LogP) is 2.77. The Labute approximate surface area is 204 Å². The first-order valence-electron chi connectivity index (χ1n) is 11.6. The molecule has 0 radical (unpaired) electrons. The molecule has 9 heteroatoms. The average Bonchev–Trinajstić information content (AvgIpc) is 3.23. The second-order valence-corrected chi connectivity index (χ2v) is 9.86. The average molecular weight is 481 g/mol. The van der Waals surface area contributed by atoms with Gasteiger partial charge in [-0.2, -0.15) is 5.10 Å². The molecule has 1 aromatic carbocycles. The highest BCUT2D eigenvalue weighted by Gasteiger charge is 2.24. The first kappa shape index (κ1) is 24.1. The van der Waals surface area contributed by atoms with Gasteiger partial charge in [0.05, 0.1) is 17.0 Å². The van der Waals surface area contributed by atoms with Crippen molar-refractivity contribution in [2.45, 2.75) is 33.7 Å². The van der Waals surface area contributed by atoms with Crippen LogP contribution in [0.15, 0.2) is 35.1 Å². The fourth-order valence-electron chi connectivity index (χ4n) is 4.32. The van der Waals surface area contributed by atoms with E-state index in [0.717, 1.165) is 37.4 Å². The van der Waals surface area contributed by atoms with Gasteiger partial charge in [0, 0.05) is 51.5 Å². The maximum absolute atomic E-state index is 13.0. The maximum Gasteiger partial charge on any atom is 0.277 e. The smallest absolute Gasteiger partial charge is 0.277 e. The minimum atomic E-state index is -0.202. The summed E-state index contributed by atoms with van der Waals surface area (Å²) >= 11 is 1.27. The van der Waals surface area contributed by atoms with Crippen molar-refractivity contribution in [3.63, 3.8) is 0 Å². The molecule has 34 heavy (non-hydrogen) atoms. The minimum absolute atomic E-state index is 0.142. The fraction of sp³-hybridized carbons (Fsp3) is 0.440. The number of anilines is 1. The number of hydrogen-bond donors (Lipinski definition) is 1. The SMILES string of the molecule is Cc1nc(-c2c(C)c(C)nn(C)c2=O)sc1C(=O)NCC(C)N1CCN(c2ccccc2)CC1. The van der Waals surface area contributed by atoms with Crippen LogP contribution >= 0.6 is 11.3 Å². The number of nitrogens with one attached hydrogen (secondary N) is 1. The zero-order valence-electron chi connectivity index (χ0n) is 20.5. The summed E-state index contributed by atoms with van der Waals surface area (Å²) in [4.78, 5) is 35.6. The van der Waals surface area contributed by atoms with Gasteiger partial charge in [-0.05, 0) is 45.4 Å².